The highest BCUT2D eigenvalue weighted by Crippen LogP contribution is 2.29. The third kappa shape index (κ3) is 2.80. The molecule has 0 radical (unpaired) electrons. The van der Waals surface area contributed by atoms with Gasteiger partial charge >= 0.3 is 0 Å². The number of rotatable bonds is 2. The second-order valence-electron chi connectivity index (χ2n) is 6.11. The minimum atomic E-state index is -3.51. The summed E-state index contributed by atoms with van der Waals surface area (Å²) in [5.74, 6) is 0. The summed E-state index contributed by atoms with van der Waals surface area (Å²) in [6.45, 7) is 8.72. The average Bonchev–Trinajstić information content (AvgIpc) is 2.40. The van der Waals surface area contributed by atoms with Gasteiger partial charge in [-0.2, -0.15) is 4.31 Å². The molecule has 0 aromatic heterocycles. The van der Waals surface area contributed by atoms with Crippen LogP contribution in [0.3, 0.4) is 0 Å². The second-order valence-corrected chi connectivity index (χ2v) is 7.99. The van der Waals surface area contributed by atoms with Crippen molar-refractivity contribution in [1.29, 1.82) is 0 Å². The van der Waals surface area contributed by atoms with Gasteiger partial charge in [0.25, 0.3) is 0 Å². The molecule has 0 spiro atoms. The van der Waals surface area contributed by atoms with Gasteiger partial charge < -0.3 is 5.73 Å². The van der Waals surface area contributed by atoms with E-state index in [0.717, 1.165) is 5.56 Å². The second kappa shape index (κ2) is 5.59. The molecule has 1 fully saturated rings. The van der Waals surface area contributed by atoms with E-state index >= 15 is 0 Å². The first-order chi connectivity index (χ1) is 9.66. The third-order valence-corrected chi connectivity index (χ3v) is 6.69. The number of nitrogen functional groups attached to an aromatic ring is 1. The van der Waals surface area contributed by atoms with Crippen LogP contribution in [0.2, 0.25) is 0 Å². The van der Waals surface area contributed by atoms with E-state index in [4.69, 9.17) is 5.73 Å². The summed E-state index contributed by atoms with van der Waals surface area (Å²) in [6, 6.07) is 3.94. The summed E-state index contributed by atoms with van der Waals surface area (Å²) in [6.07, 6.45) is 0. The van der Waals surface area contributed by atoms with Crippen LogP contribution >= 0.6 is 0 Å². The van der Waals surface area contributed by atoms with Gasteiger partial charge in [-0.15, -0.1) is 0 Å². The van der Waals surface area contributed by atoms with Gasteiger partial charge in [0.05, 0.1) is 4.90 Å². The van der Waals surface area contributed by atoms with Gasteiger partial charge in [-0.25, -0.2) is 8.42 Å². The molecule has 1 aliphatic heterocycles. The van der Waals surface area contributed by atoms with Crippen molar-refractivity contribution in [2.24, 2.45) is 0 Å². The lowest BCUT2D eigenvalue weighted by atomic mass is 10.1. The van der Waals surface area contributed by atoms with Gasteiger partial charge in [0.15, 0.2) is 0 Å². The number of anilines is 1. The van der Waals surface area contributed by atoms with E-state index in [0.29, 0.717) is 29.2 Å². The van der Waals surface area contributed by atoms with E-state index in [1.807, 2.05) is 14.0 Å². The molecule has 0 aliphatic carbocycles. The number of benzene rings is 1. The Labute approximate surface area is 127 Å². The highest BCUT2D eigenvalue weighted by Gasteiger charge is 2.36. The third-order valence-electron chi connectivity index (χ3n) is 4.57. The molecule has 0 saturated carbocycles. The molecule has 1 aromatic carbocycles. The van der Waals surface area contributed by atoms with Crippen LogP contribution in [0.25, 0.3) is 0 Å². The van der Waals surface area contributed by atoms with E-state index in [1.54, 1.807) is 23.4 Å². The number of hydrogen-bond donors (Lipinski definition) is 1. The Hall–Kier alpha value is -1.11. The largest absolute Gasteiger partial charge is 0.398 e. The molecule has 2 atom stereocenters. The van der Waals surface area contributed by atoms with Crippen LogP contribution < -0.4 is 5.73 Å². The van der Waals surface area contributed by atoms with Gasteiger partial charge in [-0.3, -0.25) is 4.90 Å². The highest BCUT2D eigenvalue weighted by molar-refractivity contribution is 7.89. The molecule has 2 rings (SSSR count). The number of piperazine rings is 1. The van der Waals surface area contributed by atoms with E-state index in [1.165, 1.54) is 0 Å². The van der Waals surface area contributed by atoms with Crippen molar-refractivity contribution in [3.63, 3.8) is 0 Å². The van der Waals surface area contributed by atoms with Crippen LogP contribution in [-0.2, 0) is 10.0 Å². The molecule has 1 heterocycles. The van der Waals surface area contributed by atoms with Crippen LogP contribution in [-0.4, -0.2) is 49.8 Å². The van der Waals surface area contributed by atoms with Crippen molar-refractivity contribution in [2.75, 3.05) is 25.9 Å². The number of likely N-dealkylation sites (N-methyl/N-ethyl adjacent to an activating group) is 1. The standard InChI is InChI=1S/C15H25N3O2S/c1-10-6-7-14(16)13(4)15(10)21(19,20)18-8-11(2)17(5)12(3)9-18/h6-7,11-12H,8-9,16H2,1-5H3. The fourth-order valence-electron chi connectivity index (χ4n) is 2.92. The molecular weight excluding hydrogens is 286 g/mol. The van der Waals surface area contributed by atoms with Gasteiger partial charge in [0.1, 0.15) is 0 Å². The zero-order chi connectivity index (χ0) is 15.9. The van der Waals surface area contributed by atoms with E-state index in [-0.39, 0.29) is 12.1 Å². The maximum absolute atomic E-state index is 13.0. The van der Waals surface area contributed by atoms with Crippen molar-refractivity contribution < 1.29 is 8.42 Å². The predicted octanol–water partition coefficient (Wildman–Crippen LogP) is 1.60. The monoisotopic (exact) mass is 311 g/mol. The number of nitrogens with zero attached hydrogens (tertiary/aromatic N) is 2. The van der Waals surface area contributed by atoms with Crippen molar-refractivity contribution in [1.82, 2.24) is 9.21 Å². The lowest BCUT2D eigenvalue weighted by molar-refractivity contribution is 0.105. The van der Waals surface area contributed by atoms with Gasteiger partial charge in [-0.05, 0) is 51.9 Å². The minimum absolute atomic E-state index is 0.199. The van der Waals surface area contributed by atoms with Crippen LogP contribution in [0.5, 0.6) is 0 Å². The molecule has 0 bridgehead atoms. The topological polar surface area (TPSA) is 66.6 Å². The van der Waals surface area contributed by atoms with Gasteiger partial charge in [0, 0.05) is 30.9 Å². The van der Waals surface area contributed by atoms with Crippen molar-refractivity contribution >= 4 is 15.7 Å². The summed E-state index contributed by atoms with van der Waals surface area (Å²) in [4.78, 5) is 2.58. The van der Waals surface area contributed by atoms with E-state index in [9.17, 15) is 8.42 Å². The first-order valence-corrected chi connectivity index (χ1v) is 8.68. The smallest absolute Gasteiger partial charge is 0.243 e. The zero-order valence-electron chi connectivity index (χ0n) is 13.4. The normalized spacial score (nSPS) is 25.2. The molecule has 6 heteroatoms. The van der Waals surface area contributed by atoms with Crippen LogP contribution in [0.4, 0.5) is 5.69 Å². The zero-order valence-corrected chi connectivity index (χ0v) is 14.2. The Balaban J connectivity index is 2.46. The fourth-order valence-corrected chi connectivity index (χ4v) is 4.98. The van der Waals surface area contributed by atoms with Crippen LogP contribution in [0.15, 0.2) is 17.0 Å². The molecule has 1 aromatic rings. The Bertz CT molecular complexity index is 631. The highest BCUT2D eigenvalue weighted by atomic mass is 32.2. The lowest BCUT2D eigenvalue weighted by Gasteiger charge is -2.41. The van der Waals surface area contributed by atoms with Crippen molar-refractivity contribution in [3.8, 4) is 0 Å². The molecule has 118 valence electrons. The van der Waals surface area contributed by atoms with Crippen molar-refractivity contribution in [3.05, 3.63) is 23.3 Å². The molecular formula is C15H25N3O2S. The number of hydrogen-bond acceptors (Lipinski definition) is 4. The summed E-state index contributed by atoms with van der Waals surface area (Å²) in [5, 5.41) is 0. The summed E-state index contributed by atoms with van der Waals surface area (Å²) in [7, 11) is -1.47. The molecule has 1 aliphatic rings. The van der Waals surface area contributed by atoms with Crippen LogP contribution in [0.1, 0.15) is 25.0 Å². The number of aryl methyl sites for hydroxylation is 1. The molecule has 5 nitrogen and oxygen atoms in total. The Morgan fingerprint density at radius 1 is 1.14 bits per heavy atom. The molecule has 21 heavy (non-hydrogen) atoms. The van der Waals surface area contributed by atoms with Gasteiger partial charge in [0.2, 0.25) is 10.0 Å². The fraction of sp³-hybridized carbons (Fsp3) is 0.600. The molecule has 2 N–H and O–H groups in total. The number of sulfonamides is 1. The quantitative estimate of drug-likeness (QED) is 0.843. The first kappa shape index (κ1) is 16.3. The summed E-state index contributed by atoms with van der Waals surface area (Å²) < 4.78 is 27.7. The van der Waals surface area contributed by atoms with Crippen LogP contribution in [0, 0.1) is 13.8 Å². The van der Waals surface area contributed by atoms with E-state index in [2.05, 4.69) is 18.7 Å². The maximum atomic E-state index is 13.0. The van der Waals surface area contributed by atoms with Crippen molar-refractivity contribution in [2.45, 2.75) is 44.7 Å². The average molecular weight is 311 g/mol. The molecule has 1 saturated heterocycles. The minimum Gasteiger partial charge on any atom is -0.398 e. The lowest BCUT2D eigenvalue weighted by Crippen LogP contribution is -2.56. The molecule has 2 unspecified atom stereocenters. The van der Waals surface area contributed by atoms with E-state index < -0.39 is 10.0 Å². The Kier molecular flexibility index (Phi) is 4.33. The SMILES string of the molecule is Cc1ccc(N)c(C)c1S(=O)(=O)N1CC(C)N(C)C(C)C1. The summed E-state index contributed by atoms with van der Waals surface area (Å²) >= 11 is 0. The molecule has 0 amide bonds. The Morgan fingerprint density at radius 2 is 1.67 bits per heavy atom. The Morgan fingerprint density at radius 3 is 2.19 bits per heavy atom. The van der Waals surface area contributed by atoms with Gasteiger partial charge in [-0.1, -0.05) is 6.07 Å². The summed E-state index contributed by atoms with van der Waals surface area (Å²) in [5.41, 5.74) is 7.82. The number of nitrogens with two attached hydrogens (primary N) is 1. The first-order valence-electron chi connectivity index (χ1n) is 7.24. The maximum Gasteiger partial charge on any atom is 0.243 e. The predicted molar refractivity (Wildman–Crippen MR) is 85.8 cm³/mol.